The highest BCUT2D eigenvalue weighted by molar-refractivity contribution is 4.91. The minimum Gasteiger partial charge on any atom is -0.380 e. The van der Waals surface area contributed by atoms with Crippen molar-refractivity contribution in [3.8, 4) is 0 Å². The van der Waals surface area contributed by atoms with Crippen LogP contribution in [0.25, 0.3) is 0 Å². The normalized spacial score (nSPS) is 13.1. The van der Waals surface area contributed by atoms with E-state index in [9.17, 15) is 0 Å². The Morgan fingerprint density at radius 2 is 2.43 bits per heavy atom. The summed E-state index contributed by atoms with van der Waals surface area (Å²) >= 11 is 0. The first-order valence-electron chi connectivity index (χ1n) is 4.90. The van der Waals surface area contributed by atoms with Crippen molar-refractivity contribution in [3.05, 3.63) is 12.2 Å². The van der Waals surface area contributed by atoms with Crippen LogP contribution in [-0.2, 0) is 11.8 Å². The van der Waals surface area contributed by atoms with Gasteiger partial charge in [-0.05, 0) is 13.8 Å². The van der Waals surface area contributed by atoms with Gasteiger partial charge in [-0.3, -0.25) is 0 Å². The van der Waals surface area contributed by atoms with Crippen LogP contribution in [0.3, 0.4) is 0 Å². The predicted molar refractivity (Wildman–Crippen MR) is 53.9 cm³/mol. The van der Waals surface area contributed by atoms with Crippen molar-refractivity contribution in [2.45, 2.75) is 19.9 Å². The van der Waals surface area contributed by atoms with Gasteiger partial charge in [0.25, 0.3) is 0 Å². The highest BCUT2D eigenvalue weighted by Gasteiger charge is 2.09. The summed E-state index contributed by atoms with van der Waals surface area (Å²) in [5.41, 5.74) is 0. The number of nitrogens with zero attached hydrogens (tertiary/aromatic N) is 3. The van der Waals surface area contributed by atoms with Crippen LogP contribution in [-0.4, -0.2) is 34.5 Å². The van der Waals surface area contributed by atoms with Crippen LogP contribution in [0.1, 0.15) is 25.7 Å². The molecule has 0 saturated heterocycles. The summed E-state index contributed by atoms with van der Waals surface area (Å²) < 4.78 is 7.14. The second kappa shape index (κ2) is 5.72. The van der Waals surface area contributed by atoms with Crippen LogP contribution in [0.2, 0.25) is 0 Å². The second-order valence-corrected chi connectivity index (χ2v) is 3.17. The number of aryl methyl sites for hydroxylation is 1. The lowest BCUT2D eigenvalue weighted by molar-refractivity contribution is 0.147. The zero-order chi connectivity index (χ0) is 10.4. The highest BCUT2D eigenvalue weighted by Crippen LogP contribution is 2.05. The summed E-state index contributed by atoms with van der Waals surface area (Å²) in [6.07, 6.45) is 1.70. The maximum absolute atomic E-state index is 5.23. The molecule has 0 fully saturated rings. The third kappa shape index (κ3) is 3.08. The summed E-state index contributed by atoms with van der Waals surface area (Å²) in [7, 11) is 1.94. The molecule has 0 aliphatic heterocycles. The van der Waals surface area contributed by atoms with E-state index >= 15 is 0 Å². The highest BCUT2D eigenvalue weighted by atomic mass is 16.5. The standard InChI is InChI=1S/C9H18N4O/c1-4-14-6-5-10-8(2)9-12-11-7-13(9)3/h7-8,10H,4-6H2,1-3H3. The third-order valence-electron chi connectivity index (χ3n) is 2.03. The molecule has 0 bridgehead atoms. The van der Waals surface area contributed by atoms with Crippen LogP contribution in [0.15, 0.2) is 6.33 Å². The van der Waals surface area contributed by atoms with Gasteiger partial charge in [-0.2, -0.15) is 0 Å². The fourth-order valence-electron chi connectivity index (χ4n) is 1.27. The number of rotatable bonds is 6. The van der Waals surface area contributed by atoms with Crippen LogP contribution in [0.4, 0.5) is 0 Å². The van der Waals surface area contributed by atoms with E-state index < -0.39 is 0 Å². The first kappa shape index (κ1) is 11.1. The Balaban J connectivity index is 2.28. The minimum atomic E-state index is 0.211. The lowest BCUT2D eigenvalue weighted by Gasteiger charge is -2.12. The second-order valence-electron chi connectivity index (χ2n) is 3.17. The van der Waals surface area contributed by atoms with E-state index in [1.165, 1.54) is 0 Å². The molecule has 0 radical (unpaired) electrons. The molecular formula is C9H18N4O. The Kier molecular flexibility index (Phi) is 4.55. The van der Waals surface area contributed by atoms with Gasteiger partial charge in [0.2, 0.25) is 0 Å². The molecule has 1 aromatic rings. The zero-order valence-electron chi connectivity index (χ0n) is 9.03. The van der Waals surface area contributed by atoms with Gasteiger partial charge in [0.15, 0.2) is 0 Å². The van der Waals surface area contributed by atoms with Crippen LogP contribution < -0.4 is 5.32 Å². The first-order valence-corrected chi connectivity index (χ1v) is 4.90. The first-order chi connectivity index (χ1) is 6.75. The molecule has 1 atom stereocenters. The van der Waals surface area contributed by atoms with Crippen molar-refractivity contribution in [2.75, 3.05) is 19.8 Å². The van der Waals surface area contributed by atoms with Gasteiger partial charge in [-0.15, -0.1) is 10.2 Å². The molecule has 1 unspecified atom stereocenters. The number of ether oxygens (including phenoxy) is 1. The molecule has 5 heteroatoms. The Hall–Kier alpha value is -0.940. The Morgan fingerprint density at radius 3 is 3.00 bits per heavy atom. The average molecular weight is 198 g/mol. The van der Waals surface area contributed by atoms with E-state index in [0.717, 1.165) is 25.6 Å². The summed E-state index contributed by atoms with van der Waals surface area (Å²) in [6, 6.07) is 0.211. The molecule has 0 amide bonds. The Bertz CT molecular complexity index is 261. The molecule has 1 rings (SSSR count). The summed E-state index contributed by atoms with van der Waals surface area (Å²) in [4.78, 5) is 0. The molecule has 0 aliphatic rings. The van der Waals surface area contributed by atoms with E-state index in [2.05, 4.69) is 22.4 Å². The maximum Gasteiger partial charge on any atom is 0.149 e. The fraction of sp³-hybridized carbons (Fsp3) is 0.778. The van der Waals surface area contributed by atoms with E-state index in [1.807, 2.05) is 18.5 Å². The van der Waals surface area contributed by atoms with Crippen LogP contribution in [0.5, 0.6) is 0 Å². The van der Waals surface area contributed by atoms with Crippen LogP contribution >= 0.6 is 0 Å². The van der Waals surface area contributed by atoms with Crippen molar-refractivity contribution in [1.82, 2.24) is 20.1 Å². The quantitative estimate of drug-likeness (QED) is 0.676. The van der Waals surface area contributed by atoms with E-state index in [4.69, 9.17) is 4.74 Å². The van der Waals surface area contributed by atoms with Crippen LogP contribution in [0, 0.1) is 0 Å². The largest absolute Gasteiger partial charge is 0.380 e. The van der Waals surface area contributed by atoms with E-state index in [0.29, 0.717) is 0 Å². The molecule has 1 aromatic heterocycles. The van der Waals surface area contributed by atoms with Gasteiger partial charge >= 0.3 is 0 Å². The van der Waals surface area contributed by atoms with Gasteiger partial charge in [0.1, 0.15) is 12.2 Å². The monoisotopic (exact) mass is 198 g/mol. The van der Waals surface area contributed by atoms with Gasteiger partial charge in [0, 0.05) is 20.2 Å². The number of hydrogen-bond donors (Lipinski definition) is 1. The molecule has 0 aromatic carbocycles. The van der Waals surface area contributed by atoms with Crippen molar-refractivity contribution in [2.24, 2.45) is 7.05 Å². The van der Waals surface area contributed by atoms with Crippen molar-refractivity contribution in [3.63, 3.8) is 0 Å². The van der Waals surface area contributed by atoms with Gasteiger partial charge < -0.3 is 14.6 Å². The minimum absolute atomic E-state index is 0.211. The molecule has 80 valence electrons. The summed E-state index contributed by atoms with van der Waals surface area (Å²) in [6.45, 7) is 6.39. The van der Waals surface area contributed by atoms with E-state index in [-0.39, 0.29) is 6.04 Å². The van der Waals surface area contributed by atoms with E-state index in [1.54, 1.807) is 6.33 Å². The smallest absolute Gasteiger partial charge is 0.149 e. The fourth-order valence-corrected chi connectivity index (χ4v) is 1.27. The Labute approximate surface area is 84.5 Å². The van der Waals surface area contributed by atoms with Crippen molar-refractivity contribution < 1.29 is 4.74 Å². The molecule has 1 heterocycles. The molecule has 5 nitrogen and oxygen atoms in total. The molecule has 14 heavy (non-hydrogen) atoms. The summed E-state index contributed by atoms with van der Waals surface area (Å²) in [5, 5.41) is 11.2. The molecule has 0 spiro atoms. The van der Waals surface area contributed by atoms with Gasteiger partial charge in [-0.1, -0.05) is 0 Å². The predicted octanol–water partition coefficient (Wildman–Crippen LogP) is 0.502. The topological polar surface area (TPSA) is 52.0 Å². The average Bonchev–Trinajstić information content (AvgIpc) is 2.59. The lowest BCUT2D eigenvalue weighted by atomic mass is 10.3. The van der Waals surface area contributed by atoms with Gasteiger partial charge in [-0.25, -0.2) is 0 Å². The Morgan fingerprint density at radius 1 is 1.64 bits per heavy atom. The number of hydrogen-bond acceptors (Lipinski definition) is 4. The number of aromatic nitrogens is 3. The third-order valence-corrected chi connectivity index (χ3v) is 2.03. The molecule has 0 aliphatic carbocycles. The molecule has 0 saturated carbocycles. The SMILES string of the molecule is CCOCCNC(C)c1nncn1C. The number of nitrogens with one attached hydrogen (secondary N) is 1. The zero-order valence-corrected chi connectivity index (χ0v) is 9.03. The molecule has 1 N–H and O–H groups in total. The van der Waals surface area contributed by atoms with Crippen molar-refractivity contribution >= 4 is 0 Å². The van der Waals surface area contributed by atoms with Gasteiger partial charge in [0.05, 0.1) is 12.6 Å². The van der Waals surface area contributed by atoms with Crippen molar-refractivity contribution in [1.29, 1.82) is 0 Å². The lowest BCUT2D eigenvalue weighted by Crippen LogP contribution is -2.25. The molecular weight excluding hydrogens is 180 g/mol. The maximum atomic E-state index is 5.23. The summed E-state index contributed by atoms with van der Waals surface area (Å²) in [5.74, 6) is 0.946.